The summed E-state index contributed by atoms with van der Waals surface area (Å²) >= 11 is 0. The third-order valence-electron chi connectivity index (χ3n) is 4.75. The molecule has 3 heterocycles. The quantitative estimate of drug-likeness (QED) is 0.915. The van der Waals surface area contributed by atoms with Crippen molar-refractivity contribution in [3.63, 3.8) is 0 Å². The van der Waals surface area contributed by atoms with Crippen molar-refractivity contribution in [1.29, 1.82) is 0 Å². The van der Waals surface area contributed by atoms with Gasteiger partial charge in [0.15, 0.2) is 5.79 Å². The zero-order valence-electron chi connectivity index (χ0n) is 14.3. The highest BCUT2D eigenvalue weighted by atomic mass is 19.1. The summed E-state index contributed by atoms with van der Waals surface area (Å²) in [6.45, 7) is 2.44. The maximum Gasteiger partial charge on any atom is 0.254 e. The van der Waals surface area contributed by atoms with Crippen molar-refractivity contribution < 1.29 is 18.7 Å². The van der Waals surface area contributed by atoms with E-state index in [4.69, 9.17) is 9.47 Å². The molecule has 2 aromatic rings. The Morgan fingerprint density at radius 1 is 1.12 bits per heavy atom. The Hall–Kier alpha value is -2.51. The largest absolute Gasteiger partial charge is 0.347 e. The number of ether oxygens (including phenoxy) is 2. The Labute approximate surface area is 150 Å². The average molecular weight is 357 g/mol. The molecule has 6 nitrogen and oxygen atoms in total. The topological polar surface area (TPSA) is 63.7 Å². The third kappa shape index (κ3) is 3.54. The monoisotopic (exact) mass is 357 g/mol. The number of carbonyl (C=O) groups is 1. The van der Waals surface area contributed by atoms with Gasteiger partial charge in [0.25, 0.3) is 5.91 Å². The number of amides is 1. The molecule has 1 N–H and O–H groups in total. The van der Waals surface area contributed by atoms with Crippen LogP contribution in [0.2, 0.25) is 0 Å². The van der Waals surface area contributed by atoms with Gasteiger partial charge in [-0.2, -0.15) is 0 Å². The predicted molar refractivity (Wildman–Crippen MR) is 93.7 cm³/mol. The lowest BCUT2D eigenvalue weighted by atomic mass is 10.0. The Bertz CT molecular complexity index is 781. The molecule has 2 fully saturated rings. The van der Waals surface area contributed by atoms with Crippen molar-refractivity contribution in [1.82, 2.24) is 9.88 Å². The van der Waals surface area contributed by atoms with Gasteiger partial charge in [0.2, 0.25) is 0 Å². The molecule has 0 aliphatic carbocycles. The molecule has 7 heteroatoms. The van der Waals surface area contributed by atoms with Gasteiger partial charge in [0.05, 0.1) is 13.2 Å². The molecule has 0 radical (unpaired) electrons. The number of hydrogen-bond acceptors (Lipinski definition) is 5. The second-order valence-electron chi connectivity index (χ2n) is 6.46. The minimum Gasteiger partial charge on any atom is -0.347 e. The Kier molecular flexibility index (Phi) is 4.57. The van der Waals surface area contributed by atoms with Crippen LogP contribution in [0.3, 0.4) is 0 Å². The van der Waals surface area contributed by atoms with Crippen LogP contribution in [0.1, 0.15) is 23.2 Å². The van der Waals surface area contributed by atoms with Gasteiger partial charge in [-0.3, -0.25) is 4.79 Å². The van der Waals surface area contributed by atoms with Gasteiger partial charge in [0.1, 0.15) is 11.6 Å². The summed E-state index contributed by atoms with van der Waals surface area (Å²) in [5.74, 6) is -0.295. The summed E-state index contributed by atoms with van der Waals surface area (Å²) in [5.41, 5.74) is 1.27. The van der Waals surface area contributed by atoms with Crippen LogP contribution in [0, 0.1) is 5.82 Å². The number of anilines is 2. The molecule has 0 saturated carbocycles. The number of pyridine rings is 1. The minimum absolute atomic E-state index is 0.0394. The van der Waals surface area contributed by atoms with Gasteiger partial charge in [-0.05, 0) is 36.4 Å². The van der Waals surface area contributed by atoms with Crippen molar-refractivity contribution in [2.45, 2.75) is 18.6 Å². The molecule has 1 spiro atoms. The number of benzene rings is 1. The van der Waals surface area contributed by atoms with E-state index in [9.17, 15) is 9.18 Å². The molecular formula is C19H20FN3O3. The first-order valence-corrected chi connectivity index (χ1v) is 8.69. The molecule has 1 aromatic carbocycles. The van der Waals surface area contributed by atoms with Crippen LogP contribution in [-0.4, -0.2) is 47.9 Å². The Balaban J connectivity index is 1.42. The van der Waals surface area contributed by atoms with Gasteiger partial charge < -0.3 is 19.7 Å². The highest BCUT2D eigenvalue weighted by Gasteiger charge is 2.40. The molecule has 2 aliphatic rings. The Morgan fingerprint density at radius 3 is 2.50 bits per heavy atom. The lowest BCUT2D eigenvalue weighted by Crippen LogP contribution is -2.47. The van der Waals surface area contributed by atoms with E-state index < -0.39 is 5.79 Å². The lowest BCUT2D eigenvalue weighted by Gasteiger charge is -2.37. The van der Waals surface area contributed by atoms with E-state index in [1.54, 1.807) is 30.5 Å². The molecule has 2 aliphatic heterocycles. The van der Waals surface area contributed by atoms with Crippen LogP contribution in [0.4, 0.5) is 15.9 Å². The van der Waals surface area contributed by atoms with Crippen LogP contribution >= 0.6 is 0 Å². The zero-order valence-corrected chi connectivity index (χ0v) is 14.3. The van der Waals surface area contributed by atoms with E-state index in [1.165, 1.54) is 12.1 Å². The number of nitrogens with one attached hydrogen (secondary N) is 1. The van der Waals surface area contributed by atoms with Crippen molar-refractivity contribution in [2.24, 2.45) is 0 Å². The van der Waals surface area contributed by atoms with E-state index in [0.29, 0.717) is 56.2 Å². The molecular weight excluding hydrogens is 337 g/mol. The van der Waals surface area contributed by atoms with E-state index in [1.807, 2.05) is 4.90 Å². The molecule has 0 unspecified atom stereocenters. The molecule has 0 atom stereocenters. The second kappa shape index (κ2) is 7.01. The molecule has 4 rings (SSSR count). The van der Waals surface area contributed by atoms with Gasteiger partial charge in [0, 0.05) is 43.4 Å². The van der Waals surface area contributed by atoms with E-state index >= 15 is 0 Å². The highest BCUT2D eigenvalue weighted by Crippen LogP contribution is 2.31. The second-order valence-corrected chi connectivity index (χ2v) is 6.46. The molecule has 136 valence electrons. The van der Waals surface area contributed by atoms with Crippen molar-refractivity contribution in [3.8, 4) is 0 Å². The number of piperidine rings is 1. The highest BCUT2D eigenvalue weighted by molar-refractivity contribution is 5.95. The molecule has 26 heavy (non-hydrogen) atoms. The van der Waals surface area contributed by atoms with Crippen LogP contribution in [0.15, 0.2) is 42.6 Å². The fraction of sp³-hybridized carbons (Fsp3) is 0.368. The summed E-state index contributed by atoms with van der Waals surface area (Å²) in [5, 5.41) is 3.08. The normalized spacial score (nSPS) is 18.9. The van der Waals surface area contributed by atoms with Crippen LogP contribution in [-0.2, 0) is 9.47 Å². The van der Waals surface area contributed by atoms with Crippen molar-refractivity contribution in [2.75, 3.05) is 31.6 Å². The smallest absolute Gasteiger partial charge is 0.254 e. The molecule has 1 aromatic heterocycles. The van der Waals surface area contributed by atoms with Gasteiger partial charge in [-0.25, -0.2) is 9.37 Å². The number of likely N-dealkylation sites (tertiary alicyclic amines) is 1. The number of halogens is 1. The summed E-state index contributed by atoms with van der Waals surface area (Å²) in [4.78, 5) is 18.8. The summed E-state index contributed by atoms with van der Waals surface area (Å²) in [7, 11) is 0. The van der Waals surface area contributed by atoms with E-state index in [-0.39, 0.29) is 11.7 Å². The van der Waals surface area contributed by atoms with Crippen LogP contribution < -0.4 is 5.32 Å². The van der Waals surface area contributed by atoms with Crippen LogP contribution in [0.25, 0.3) is 0 Å². The minimum atomic E-state index is -0.496. The summed E-state index contributed by atoms with van der Waals surface area (Å²) < 4.78 is 24.4. The molecule has 0 bridgehead atoms. The molecule has 1 amide bonds. The fourth-order valence-electron chi connectivity index (χ4n) is 3.33. The SMILES string of the molecule is O=C(c1ccnc(Nc2ccc(F)cc2)c1)N1CCC2(CC1)OCCO2. The number of hydrogen-bond donors (Lipinski definition) is 1. The number of aromatic nitrogens is 1. The predicted octanol–water partition coefficient (Wildman–Crippen LogP) is 2.94. The maximum absolute atomic E-state index is 13.0. The molecule has 2 saturated heterocycles. The van der Waals surface area contributed by atoms with Gasteiger partial charge in [-0.1, -0.05) is 0 Å². The van der Waals surface area contributed by atoms with E-state index in [2.05, 4.69) is 10.3 Å². The first kappa shape index (κ1) is 16.9. The standard InChI is InChI=1S/C19H20FN3O3/c20-15-1-3-16(4-2-15)22-17-13-14(5-8-21-17)18(24)23-9-6-19(7-10-23)25-11-12-26-19/h1-5,8,13H,6-7,9-12H2,(H,21,22). The van der Waals surface area contributed by atoms with Crippen LogP contribution in [0.5, 0.6) is 0 Å². The third-order valence-corrected chi connectivity index (χ3v) is 4.75. The summed E-state index contributed by atoms with van der Waals surface area (Å²) in [6, 6.07) is 9.39. The maximum atomic E-state index is 13.0. The first-order chi connectivity index (χ1) is 12.6. The van der Waals surface area contributed by atoms with Gasteiger partial charge >= 0.3 is 0 Å². The Morgan fingerprint density at radius 2 is 1.81 bits per heavy atom. The van der Waals surface area contributed by atoms with E-state index in [0.717, 1.165) is 0 Å². The number of rotatable bonds is 3. The van der Waals surface area contributed by atoms with Gasteiger partial charge in [-0.15, -0.1) is 0 Å². The number of nitrogens with zero attached hydrogens (tertiary/aromatic N) is 2. The first-order valence-electron chi connectivity index (χ1n) is 8.69. The number of carbonyl (C=O) groups excluding carboxylic acids is 1. The lowest BCUT2D eigenvalue weighted by molar-refractivity contribution is -0.181. The van der Waals surface area contributed by atoms with Crippen molar-refractivity contribution in [3.05, 3.63) is 54.0 Å². The summed E-state index contributed by atoms with van der Waals surface area (Å²) in [6.07, 6.45) is 2.96. The van der Waals surface area contributed by atoms with Crippen molar-refractivity contribution >= 4 is 17.4 Å². The fourth-order valence-corrected chi connectivity index (χ4v) is 3.33. The average Bonchev–Trinajstić information content (AvgIpc) is 3.12. The zero-order chi connectivity index (χ0) is 18.0.